The van der Waals surface area contributed by atoms with E-state index in [-0.39, 0.29) is 5.82 Å². The van der Waals surface area contributed by atoms with Gasteiger partial charge in [-0.3, -0.25) is 4.90 Å². The second-order valence-corrected chi connectivity index (χ2v) is 8.76. The molecule has 1 heterocycles. The van der Waals surface area contributed by atoms with E-state index in [4.69, 9.17) is 4.74 Å². The summed E-state index contributed by atoms with van der Waals surface area (Å²) in [5.74, 6) is 2.00. The van der Waals surface area contributed by atoms with Crippen LogP contribution in [-0.4, -0.2) is 31.1 Å². The quantitative estimate of drug-likeness (QED) is 0.763. The van der Waals surface area contributed by atoms with Gasteiger partial charge in [0.2, 0.25) is 0 Å². The van der Waals surface area contributed by atoms with Gasteiger partial charge in [0.15, 0.2) is 0 Å². The highest BCUT2D eigenvalue weighted by Crippen LogP contribution is 2.58. The van der Waals surface area contributed by atoms with Gasteiger partial charge < -0.3 is 4.74 Å². The SMILES string of the molecule is CC12CCCc3cccc(c31)C1CN(CCOc3ccc(F)cc3)CCC12. The van der Waals surface area contributed by atoms with Gasteiger partial charge in [0.1, 0.15) is 18.2 Å². The van der Waals surface area contributed by atoms with E-state index in [0.29, 0.717) is 17.9 Å². The molecule has 0 saturated carbocycles. The molecule has 2 aromatic carbocycles. The molecule has 0 N–H and O–H groups in total. The van der Waals surface area contributed by atoms with Crippen molar-refractivity contribution in [2.24, 2.45) is 5.92 Å². The summed E-state index contributed by atoms with van der Waals surface area (Å²) in [6.07, 6.45) is 5.23. The molecule has 0 spiro atoms. The van der Waals surface area contributed by atoms with Gasteiger partial charge in [-0.05, 0) is 84.5 Å². The lowest BCUT2D eigenvalue weighted by Gasteiger charge is -2.43. The zero-order valence-electron chi connectivity index (χ0n) is 16.1. The third-order valence-electron chi connectivity index (χ3n) is 7.30. The molecule has 0 aromatic heterocycles. The first-order valence-electron chi connectivity index (χ1n) is 10.4. The van der Waals surface area contributed by atoms with Gasteiger partial charge in [0.25, 0.3) is 0 Å². The summed E-state index contributed by atoms with van der Waals surface area (Å²) in [6, 6.07) is 13.4. The first kappa shape index (κ1) is 17.2. The molecular weight excluding hydrogens is 337 g/mol. The second-order valence-electron chi connectivity index (χ2n) is 8.76. The van der Waals surface area contributed by atoms with Crippen LogP contribution in [0.4, 0.5) is 4.39 Å². The van der Waals surface area contributed by atoms with E-state index in [2.05, 4.69) is 30.0 Å². The summed E-state index contributed by atoms with van der Waals surface area (Å²) in [5.41, 5.74) is 5.34. The molecule has 3 unspecified atom stereocenters. The molecule has 5 rings (SSSR count). The number of hydrogen-bond acceptors (Lipinski definition) is 2. The normalized spacial score (nSPS) is 29.3. The molecule has 0 bridgehead atoms. The Bertz CT molecular complexity index is 833. The van der Waals surface area contributed by atoms with E-state index in [1.54, 1.807) is 28.8 Å². The molecule has 1 saturated heterocycles. The summed E-state index contributed by atoms with van der Waals surface area (Å²) in [7, 11) is 0. The van der Waals surface area contributed by atoms with Crippen molar-refractivity contribution < 1.29 is 9.13 Å². The molecule has 2 aromatic rings. The third kappa shape index (κ3) is 2.87. The summed E-state index contributed by atoms with van der Waals surface area (Å²) in [4.78, 5) is 2.56. The van der Waals surface area contributed by atoms with Gasteiger partial charge in [-0.2, -0.15) is 0 Å². The first-order valence-corrected chi connectivity index (χ1v) is 10.4. The van der Waals surface area contributed by atoms with Crippen LogP contribution in [-0.2, 0) is 11.8 Å². The van der Waals surface area contributed by atoms with Gasteiger partial charge in [-0.1, -0.05) is 25.1 Å². The van der Waals surface area contributed by atoms with E-state index in [1.165, 1.54) is 37.8 Å². The van der Waals surface area contributed by atoms with Crippen molar-refractivity contribution in [1.29, 1.82) is 0 Å². The monoisotopic (exact) mass is 365 g/mol. The van der Waals surface area contributed by atoms with Gasteiger partial charge >= 0.3 is 0 Å². The Hall–Kier alpha value is -1.87. The van der Waals surface area contributed by atoms with E-state index >= 15 is 0 Å². The van der Waals surface area contributed by atoms with Crippen molar-refractivity contribution in [2.75, 3.05) is 26.2 Å². The summed E-state index contributed by atoms with van der Waals surface area (Å²) >= 11 is 0. The van der Waals surface area contributed by atoms with Crippen LogP contribution < -0.4 is 4.74 Å². The van der Waals surface area contributed by atoms with Crippen molar-refractivity contribution in [3.8, 4) is 5.75 Å². The zero-order valence-corrected chi connectivity index (χ0v) is 16.1. The standard InChI is InChI=1S/C24H28FNO/c1-24-12-3-5-17-4-2-6-20(23(17)24)21-16-26(13-11-22(21)24)14-15-27-19-9-7-18(25)8-10-19/h2,4,6-10,21-22H,3,5,11-16H2,1H3. The Labute approximate surface area is 161 Å². The van der Waals surface area contributed by atoms with Crippen LogP contribution in [0.5, 0.6) is 5.75 Å². The number of halogens is 1. The number of fused-ring (bicyclic) bond motifs is 3. The molecule has 3 atom stereocenters. The number of likely N-dealkylation sites (tertiary alicyclic amines) is 1. The van der Waals surface area contributed by atoms with Crippen molar-refractivity contribution in [3.05, 3.63) is 65.0 Å². The van der Waals surface area contributed by atoms with Gasteiger partial charge in [-0.25, -0.2) is 4.39 Å². The van der Waals surface area contributed by atoms with Gasteiger partial charge in [0, 0.05) is 19.0 Å². The van der Waals surface area contributed by atoms with Crippen molar-refractivity contribution in [1.82, 2.24) is 4.90 Å². The van der Waals surface area contributed by atoms with Crippen LogP contribution in [0.1, 0.15) is 48.8 Å². The topological polar surface area (TPSA) is 12.5 Å². The van der Waals surface area contributed by atoms with Crippen LogP contribution in [0.25, 0.3) is 0 Å². The van der Waals surface area contributed by atoms with E-state index in [0.717, 1.165) is 31.3 Å². The van der Waals surface area contributed by atoms with Crippen molar-refractivity contribution in [2.45, 2.75) is 43.9 Å². The molecule has 142 valence electrons. The van der Waals surface area contributed by atoms with Crippen LogP contribution in [0.2, 0.25) is 0 Å². The smallest absolute Gasteiger partial charge is 0.123 e. The summed E-state index contributed by atoms with van der Waals surface area (Å²) in [5, 5.41) is 0. The van der Waals surface area contributed by atoms with E-state index < -0.39 is 0 Å². The zero-order chi connectivity index (χ0) is 18.4. The Balaban J connectivity index is 1.28. The van der Waals surface area contributed by atoms with E-state index in [1.807, 2.05) is 0 Å². The minimum atomic E-state index is -0.218. The lowest BCUT2D eigenvalue weighted by molar-refractivity contribution is 0.106. The number of rotatable bonds is 4. The maximum absolute atomic E-state index is 13.0. The molecule has 1 aliphatic heterocycles. The Kier molecular flexibility index (Phi) is 4.23. The fourth-order valence-electron chi connectivity index (χ4n) is 6.10. The average Bonchev–Trinajstić information content (AvgIpc) is 2.94. The Morgan fingerprint density at radius 2 is 2.04 bits per heavy atom. The maximum Gasteiger partial charge on any atom is 0.123 e. The van der Waals surface area contributed by atoms with E-state index in [9.17, 15) is 4.39 Å². The fraction of sp³-hybridized carbons (Fsp3) is 0.500. The molecule has 0 radical (unpaired) electrons. The molecule has 2 aliphatic carbocycles. The lowest BCUT2D eigenvalue weighted by atomic mass is 9.65. The second kappa shape index (κ2) is 6.63. The average molecular weight is 365 g/mol. The third-order valence-corrected chi connectivity index (χ3v) is 7.30. The number of hydrogen-bond donors (Lipinski definition) is 0. The van der Waals surface area contributed by atoms with Crippen molar-refractivity contribution in [3.63, 3.8) is 0 Å². The Morgan fingerprint density at radius 3 is 2.89 bits per heavy atom. The highest BCUT2D eigenvalue weighted by molar-refractivity contribution is 5.50. The minimum Gasteiger partial charge on any atom is -0.492 e. The highest BCUT2D eigenvalue weighted by atomic mass is 19.1. The molecule has 27 heavy (non-hydrogen) atoms. The predicted octanol–water partition coefficient (Wildman–Crippen LogP) is 4.92. The number of benzene rings is 2. The minimum absolute atomic E-state index is 0.218. The van der Waals surface area contributed by atoms with Crippen LogP contribution >= 0.6 is 0 Å². The number of nitrogens with zero attached hydrogens (tertiary/aromatic N) is 1. The number of aryl methyl sites for hydroxylation is 1. The highest BCUT2D eigenvalue weighted by Gasteiger charge is 2.52. The Morgan fingerprint density at radius 1 is 1.19 bits per heavy atom. The van der Waals surface area contributed by atoms with Crippen molar-refractivity contribution >= 4 is 0 Å². The summed E-state index contributed by atoms with van der Waals surface area (Å²) in [6.45, 7) is 6.43. The molecule has 3 aliphatic rings. The number of piperidine rings is 1. The molecular formula is C24H28FNO. The fourth-order valence-corrected chi connectivity index (χ4v) is 6.10. The largest absolute Gasteiger partial charge is 0.492 e. The van der Waals surface area contributed by atoms with Crippen LogP contribution in [0.3, 0.4) is 0 Å². The van der Waals surface area contributed by atoms with Crippen LogP contribution in [0, 0.1) is 11.7 Å². The van der Waals surface area contributed by atoms with Crippen LogP contribution in [0.15, 0.2) is 42.5 Å². The first-order chi connectivity index (χ1) is 13.1. The summed E-state index contributed by atoms with van der Waals surface area (Å²) < 4.78 is 18.8. The molecule has 2 nitrogen and oxygen atoms in total. The molecule has 1 fully saturated rings. The predicted molar refractivity (Wildman–Crippen MR) is 106 cm³/mol. The number of ether oxygens (including phenoxy) is 1. The maximum atomic E-state index is 13.0. The van der Waals surface area contributed by atoms with Gasteiger partial charge in [0.05, 0.1) is 0 Å². The lowest BCUT2D eigenvalue weighted by Crippen LogP contribution is -2.44. The van der Waals surface area contributed by atoms with Gasteiger partial charge in [-0.15, -0.1) is 0 Å². The molecule has 3 heteroatoms. The molecule has 0 amide bonds.